The van der Waals surface area contributed by atoms with E-state index in [1.807, 2.05) is 0 Å². The summed E-state index contributed by atoms with van der Waals surface area (Å²) >= 11 is 0. The van der Waals surface area contributed by atoms with Gasteiger partial charge in [-0.1, -0.05) is 5.06 Å². The van der Waals surface area contributed by atoms with Crippen LogP contribution in [-0.4, -0.2) is 38.8 Å². The molecule has 102 valence electrons. The van der Waals surface area contributed by atoms with Crippen LogP contribution >= 0.6 is 0 Å². The first-order valence-electron chi connectivity index (χ1n) is 4.83. The van der Waals surface area contributed by atoms with Crippen LogP contribution in [0, 0.1) is 20.2 Å². The molecule has 0 amide bonds. The van der Waals surface area contributed by atoms with Gasteiger partial charge in [0.1, 0.15) is 0 Å². The van der Waals surface area contributed by atoms with Crippen LogP contribution in [0.15, 0.2) is 9.78 Å². The lowest BCUT2D eigenvalue weighted by molar-refractivity contribution is -0.522. The topological polar surface area (TPSA) is 159 Å². The van der Waals surface area contributed by atoms with Crippen molar-refractivity contribution in [1.29, 1.82) is 0 Å². The molecule has 1 unspecified atom stereocenters. The van der Waals surface area contributed by atoms with E-state index >= 15 is 0 Å². The lowest BCUT2D eigenvalue weighted by atomic mass is 10.4. The monoisotopic (exact) mass is 274 g/mol. The summed E-state index contributed by atoms with van der Waals surface area (Å²) < 4.78 is 9.33. The van der Waals surface area contributed by atoms with Crippen molar-refractivity contribution in [3.63, 3.8) is 0 Å². The molecule has 0 spiro atoms. The van der Waals surface area contributed by atoms with E-state index in [-0.39, 0.29) is 18.3 Å². The molecule has 0 aliphatic carbocycles. The molecule has 1 aliphatic rings. The van der Waals surface area contributed by atoms with E-state index in [1.54, 1.807) is 6.92 Å². The Labute approximate surface area is 103 Å². The largest absolute Gasteiger partial charge is 0.488 e. The van der Waals surface area contributed by atoms with Crippen LogP contribution in [0.1, 0.15) is 6.92 Å². The number of nitro groups is 2. The normalized spacial score (nSPS) is 17.8. The van der Waals surface area contributed by atoms with Gasteiger partial charge in [-0.2, -0.15) is 4.94 Å². The van der Waals surface area contributed by atoms with Gasteiger partial charge < -0.3 is 14.9 Å². The van der Waals surface area contributed by atoms with Crippen molar-refractivity contribution in [3.05, 3.63) is 20.2 Å². The van der Waals surface area contributed by atoms with E-state index in [1.165, 1.54) is 0 Å². The summed E-state index contributed by atoms with van der Waals surface area (Å²) in [6.07, 6.45) is -1.97. The highest BCUT2D eigenvalue weighted by molar-refractivity contribution is 5.82. The summed E-state index contributed by atoms with van der Waals surface area (Å²) in [6, 6.07) is 0. The molecule has 13 nitrogen and oxygen atoms in total. The lowest BCUT2D eigenvalue weighted by Crippen LogP contribution is -2.44. The van der Waals surface area contributed by atoms with E-state index in [9.17, 15) is 20.2 Å². The summed E-state index contributed by atoms with van der Waals surface area (Å²) in [7, 11) is 0. The molecular weight excluding hydrogens is 268 g/mol. The summed E-state index contributed by atoms with van der Waals surface area (Å²) in [5.41, 5.74) is 0. The zero-order valence-electron chi connectivity index (χ0n) is 9.33. The molecular formula is C6H6N6O7. The molecule has 1 aliphatic heterocycles. The van der Waals surface area contributed by atoms with Crippen LogP contribution in [0.3, 0.4) is 0 Å². The number of hydroxylamine groups is 1. The minimum Gasteiger partial charge on any atom is -0.473 e. The number of nitrogens with zero attached hydrogens (tertiary/aromatic N) is 6. The number of ether oxygens (including phenoxy) is 1. The van der Waals surface area contributed by atoms with E-state index in [2.05, 4.69) is 25.0 Å². The molecule has 13 heteroatoms. The Morgan fingerprint density at radius 1 is 1.42 bits per heavy atom. The van der Waals surface area contributed by atoms with Crippen molar-refractivity contribution in [2.24, 2.45) is 5.16 Å². The Bertz CT molecular complexity index is 540. The molecule has 0 fully saturated rings. The van der Waals surface area contributed by atoms with Crippen LogP contribution in [0.5, 0.6) is 5.88 Å². The summed E-state index contributed by atoms with van der Waals surface area (Å²) in [4.78, 5) is 24.0. The Morgan fingerprint density at radius 2 is 2.16 bits per heavy atom. The van der Waals surface area contributed by atoms with Gasteiger partial charge in [0.15, 0.2) is 5.16 Å². The van der Waals surface area contributed by atoms with E-state index < -0.39 is 21.8 Å². The van der Waals surface area contributed by atoms with Gasteiger partial charge in [-0.3, -0.25) is 10.1 Å². The Morgan fingerprint density at radius 3 is 2.74 bits per heavy atom. The average Bonchev–Trinajstić information content (AvgIpc) is 2.93. The molecule has 2 heterocycles. The predicted octanol–water partition coefficient (Wildman–Crippen LogP) is -0.587. The van der Waals surface area contributed by atoms with Crippen molar-refractivity contribution < 1.29 is 24.2 Å². The maximum absolute atomic E-state index is 10.9. The molecule has 1 atom stereocenters. The second-order valence-corrected chi connectivity index (χ2v) is 3.10. The predicted molar refractivity (Wildman–Crippen MR) is 54.2 cm³/mol. The maximum atomic E-state index is 10.9. The van der Waals surface area contributed by atoms with Gasteiger partial charge in [-0.05, 0) is 22.2 Å². The van der Waals surface area contributed by atoms with Gasteiger partial charge >= 0.3 is 17.9 Å². The van der Waals surface area contributed by atoms with Gasteiger partial charge in [0, 0.05) is 0 Å². The molecule has 1 aromatic rings. The first kappa shape index (κ1) is 12.5. The highest BCUT2D eigenvalue weighted by atomic mass is 16.8. The van der Waals surface area contributed by atoms with Crippen LogP contribution in [0.2, 0.25) is 0 Å². The Hall–Kier alpha value is -2.99. The second-order valence-electron chi connectivity index (χ2n) is 3.10. The maximum Gasteiger partial charge on any atom is 0.488 e. The summed E-state index contributed by atoms with van der Waals surface area (Å²) in [5, 5.41) is 31.6. The number of oxime groups is 1. The minimum absolute atomic E-state index is 0.182. The quantitative estimate of drug-likeness (QED) is 0.512. The first-order chi connectivity index (χ1) is 9.06. The number of hydrogen-bond donors (Lipinski definition) is 0. The van der Waals surface area contributed by atoms with Gasteiger partial charge in [0.05, 0.1) is 11.5 Å². The van der Waals surface area contributed by atoms with E-state index in [4.69, 9.17) is 4.74 Å². The number of hydrogen-bond acceptors (Lipinski definition) is 11. The van der Waals surface area contributed by atoms with Crippen molar-refractivity contribution in [2.75, 3.05) is 11.7 Å². The molecule has 2 rings (SSSR count). The van der Waals surface area contributed by atoms with E-state index in [0.29, 0.717) is 5.06 Å². The molecule has 0 saturated carbocycles. The molecule has 0 bridgehead atoms. The minimum atomic E-state index is -1.97. The molecule has 0 saturated heterocycles. The zero-order chi connectivity index (χ0) is 14.0. The van der Waals surface area contributed by atoms with Crippen LogP contribution in [0.25, 0.3) is 0 Å². The fourth-order valence-electron chi connectivity index (χ4n) is 1.28. The van der Waals surface area contributed by atoms with E-state index in [0.717, 1.165) is 0 Å². The molecule has 0 aromatic carbocycles. The molecule has 0 N–H and O–H groups in total. The van der Waals surface area contributed by atoms with Crippen LogP contribution in [-0.2, 0) is 4.94 Å². The van der Waals surface area contributed by atoms with Crippen molar-refractivity contribution in [3.8, 4) is 5.88 Å². The van der Waals surface area contributed by atoms with Gasteiger partial charge in [0.2, 0.25) is 0 Å². The smallest absolute Gasteiger partial charge is 0.473 e. The van der Waals surface area contributed by atoms with Crippen LogP contribution in [0.4, 0.5) is 5.82 Å². The average molecular weight is 274 g/mol. The zero-order valence-corrected chi connectivity index (χ0v) is 9.33. The third-order valence-electron chi connectivity index (χ3n) is 1.99. The fourth-order valence-corrected chi connectivity index (χ4v) is 1.28. The number of amidine groups is 1. The standard InChI is InChI=1S/C6H6N6O7/c1-2-17-5-3(7-18-9-5)10-6(12(15)16)4(8-19-10)11(13)14/h6H,2H2,1H3. The fraction of sp³-hybridized carbons (Fsp3) is 0.500. The highest BCUT2D eigenvalue weighted by Crippen LogP contribution is 2.29. The van der Waals surface area contributed by atoms with Crippen LogP contribution < -0.4 is 9.80 Å². The van der Waals surface area contributed by atoms with Crippen molar-refractivity contribution in [2.45, 2.75) is 13.1 Å². The molecule has 19 heavy (non-hydrogen) atoms. The third-order valence-corrected chi connectivity index (χ3v) is 1.99. The third kappa shape index (κ3) is 2.07. The second kappa shape index (κ2) is 4.71. The van der Waals surface area contributed by atoms with Crippen molar-refractivity contribution in [1.82, 2.24) is 10.3 Å². The Kier molecular flexibility index (Phi) is 3.09. The molecule has 0 radical (unpaired) electrons. The van der Waals surface area contributed by atoms with Gasteiger partial charge in [-0.25, -0.2) is 4.63 Å². The van der Waals surface area contributed by atoms with Crippen molar-refractivity contribution >= 4 is 11.7 Å². The summed E-state index contributed by atoms with van der Waals surface area (Å²) in [5.74, 6) is -1.51. The molecule has 1 aromatic heterocycles. The first-order valence-corrected chi connectivity index (χ1v) is 4.83. The Balaban J connectivity index is 2.33. The number of aromatic nitrogens is 2. The number of rotatable bonds is 4. The SMILES string of the molecule is CCOc1nonc1N1ON=C([N+](=O)[O-])C1[N+](=O)[O-]. The summed E-state index contributed by atoms with van der Waals surface area (Å²) in [6.45, 7) is 1.81. The highest BCUT2D eigenvalue weighted by Gasteiger charge is 2.55. The lowest BCUT2D eigenvalue weighted by Gasteiger charge is -2.10. The van der Waals surface area contributed by atoms with Gasteiger partial charge in [-0.15, -0.1) is 0 Å². The number of anilines is 1. The van der Waals surface area contributed by atoms with Gasteiger partial charge in [0.25, 0.3) is 5.82 Å².